The molecule has 0 bridgehead atoms. The molecule has 1 fully saturated rings. The van der Waals surface area contributed by atoms with Crippen LogP contribution in [0.1, 0.15) is 24.8 Å². The Balaban J connectivity index is 1.85. The van der Waals surface area contributed by atoms with Gasteiger partial charge in [0.2, 0.25) is 5.91 Å². The van der Waals surface area contributed by atoms with E-state index in [2.05, 4.69) is 0 Å². The minimum absolute atomic E-state index is 0.226. The van der Waals surface area contributed by atoms with E-state index in [9.17, 15) is 4.79 Å². The van der Waals surface area contributed by atoms with E-state index in [1.165, 1.54) is 0 Å². The van der Waals surface area contributed by atoms with Gasteiger partial charge < -0.3 is 15.4 Å². The fraction of sp³-hybridized carbons (Fsp3) is 0.533. The summed E-state index contributed by atoms with van der Waals surface area (Å²) in [5, 5.41) is 0. The highest BCUT2D eigenvalue weighted by Crippen LogP contribution is 2.18. The number of hydrogen-bond donors (Lipinski definition) is 1. The van der Waals surface area contributed by atoms with E-state index < -0.39 is 0 Å². The molecule has 1 unspecified atom stereocenters. The molecule has 19 heavy (non-hydrogen) atoms. The Morgan fingerprint density at radius 2 is 2.16 bits per heavy atom. The molecule has 4 heteroatoms. The Kier molecular flexibility index (Phi) is 4.80. The minimum Gasteiger partial charge on any atom is -0.497 e. The van der Waals surface area contributed by atoms with Crippen LogP contribution in [0.4, 0.5) is 0 Å². The van der Waals surface area contributed by atoms with E-state index in [0.717, 1.165) is 37.1 Å². The molecule has 1 saturated heterocycles. The monoisotopic (exact) mass is 262 g/mol. The van der Waals surface area contributed by atoms with E-state index in [0.29, 0.717) is 13.0 Å². The van der Waals surface area contributed by atoms with Gasteiger partial charge in [0, 0.05) is 25.6 Å². The topological polar surface area (TPSA) is 55.6 Å². The Morgan fingerprint density at radius 1 is 1.42 bits per heavy atom. The minimum atomic E-state index is 0.226. The van der Waals surface area contributed by atoms with Crippen LogP contribution >= 0.6 is 0 Å². The summed E-state index contributed by atoms with van der Waals surface area (Å²) in [5.41, 5.74) is 6.86. The Bertz CT molecular complexity index is 417. The third kappa shape index (κ3) is 3.47. The maximum absolute atomic E-state index is 12.2. The van der Waals surface area contributed by atoms with Crippen LogP contribution < -0.4 is 10.5 Å². The number of hydrogen-bond acceptors (Lipinski definition) is 3. The summed E-state index contributed by atoms with van der Waals surface area (Å²) in [6.45, 7) is 1.44. The highest BCUT2D eigenvalue weighted by atomic mass is 16.5. The van der Waals surface area contributed by atoms with Crippen LogP contribution in [0.25, 0.3) is 0 Å². The van der Waals surface area contributed by atoms with Crippen molar-refractivity contribution in [2.45, 2.75) is 31.7 Å². The Hall–Kier alpha value is -1.55. The predicted octanol–water partition coefficient (Wildman–Crippen LogP) is 1.58. The molecule has 1 aliphatic rings. The van der Waals surface area contributed by atoms with Crippen molar-refractivity contribution in [2.24, 2.45) is 5.73 Å². The predicted molar refractivity (Wildman–Crippen MR) is 75.1 cm³/mol. The van der Waals surface area contributed by atoms with Gasteiger partial charge in [0.25, 0.3) is 0 Å². The van der Waals surface area contributed by atoms with Crippen molar-refractivity contribution in [3.05, 3.63) is 29.8 Å². The van der Waals surface area contributed by atoms with E-state index in [1.807, 2.05) is 29.2 Å². The second-order valence-corrected chi connectivity index (χ2v) is 4.97. The summed E-state index contributed by atoms with van der Waals surface area (Å²) >= 11 is 0. The molecule has 1 atom stereocenters. The lowest BCUT2D eigenvalue weighted by molar-refractivity contribution is -0.131. The summed E-state index contributed by atoms with van der Waals surface area (Å²) in [6, 6.07) is 8.13. The Morgan fingerprint density at radius 3 is 2.79 bits per heavy atom. The molecule has 0 saturated carbocycles. The molecule has 0 radical (unpaired) electrons. The summed E-state index contributed by atoms with van der Waals surface area (Å²) in [6.07, 6.45) is 3.46. The molecule has 1 heterocycles. The fourth-order valence-corrected chi connectivity index (χ4v) is 2.60. The average molecular weight is 262 g/mol. The summed E-state index contributed by atoms with van der Waals surface area (Å²) in [4.78, 5) is 14.1. The first-order chi connectivity index (χ1) is 9.24. The lowest BCUT2D eigenvalue weighted by atomic mass is 10.1. The van der Waals surface area contributed by atoms with Crippen molar-refractivity contribution < 1.29 is 9.53 Å². The van der Waals surface area contributed by atoms with Gasteiger partial charge in [0.15, 0.2) is 0 Å². The first-order valence-electron chi connectivity index (χ1n) is 6.87. The smallest absolute Gasteiger partial charge is 0.223 e. The Labute approximate surface area is 114 Å². The lowest BCUT2D eigenvalue weighted by Gasteiger charge is -2.23. The summed E-state index contributed by atoms with van der Waals surface area (Å²) < 4.78 is 5.12. The lowest BCUT2D eigenvalue weighted by Crippen LogP contribution is -2.39. The third-order valence-electron chi connectivity index (χ3n) is 3.76. The summed E-state index contributed by atoms with van der Waals surface area (Å²) in [5.74, 6) is 1.07. The number of carbonyl (C=O) groups excluding carboxylic acids is 1. The van der Waals surface area contributed by atoms with Gasteiger partial charge in [-0.1, -0.05) is 12.1 Å². The van der Waals surface area contributed by atoms with Gasteiger partial charge >= 0.3 is 0 Å². The van der Waals surface area contributed by atoms with Crippen LogP contribution in [0, 0.1) is 0 Å². The van der Waals surface area contributed by atoms with Crippen molar-refractivity contribution >= 4 is 5.91 Å². The number of aryl methyl sites for hydroxylation is 1. The van der Waals surface area contributed by atoms with Crippen molar-refractivity contribution in [2.75, 3.05) is 20.2 Å². The van der Waals surface area contributed by atoms with Crippen molar-refractivity contribution in [3.8, 4) is 5.75 Å². The normalized spacial score (nSPS) is 18.6. The van der Waals surface area contributed by atoms with E-state index in [-0.39, 0.29) is 11.9 Å². The van der Waals surface area contributed by atoms with Crippen LogP contribution in [-0.2, 0) is 11.2 Å². The molecule has 2 rings (SSSR count). The quantitative estimate of drug-likeness (QED) is 0.876. The van der Waals surface area contributed by atoms with Crippen molar-refractivity contribution in [1.82, 2.24) is 4.90 Å². The van der Waals surface area contributed by atoms with Crippen LogP contribution in [0.5, 0.6) is 5.75 Å². The van der Waals surface area contributed by atoms with Crippen molar-refractivity contribution in [3.63, 3.8) is 0 Å². The molecule has 0 aromatic heterocycles. The highest BCUT2D eigenvalue weighted by molar-refractivity contribution is 5.77. The molecule has 104 valence electrons. The molecular formula is C15H22N2O2. The molecule has 1 aromatic rings. The van der Waals surface area contributed by atoms with Gasteiger partial charge in [0.1, 0.15) is 5.75 Å². The molecular weight excluding hydrogens is 240 g/mol. The second kappa shape index (κ2) is 6.57. The molecule has 4 nitrogen and oxygen atoms in total. The van der Waals surface area contributed by atoms with Gasteiger partial charge in [-0.3, -0.25) is 4.79 Å². The number of benzene rings is 1. The largest absolute Gasteiger partial charge is 0.497 e. The van der Waals surface area contributed by atoms with E-state index >= 15 is 0 Å². The molecule has 2 N–H and O–H groups in total. The fourth-order valence-electron chi connectivity index (χ4n) is 2.60. The molecule has 1 aliphatic heterocycles. The van der Waals surface area contributed by atoms with E-state index in [4.69, 9.17) is 10.5 Å². The maximum Gasteiger partial charge on any atom is 0.223 e. The number of carbonyl (C=O) groups is 1. The number of ether oxygens (including phenoxy) is 1. The van der Waals surface area contributed by atoms with Crippen LogP contribution in [0.15, 0.2) is 24.3 Å². The number of methoxy groups -OCH3 is 1. The zero-order valence-corrected chi connectivity index (χ0v) is 11.5. The van der Waals surface area contributed by atoms with Gasteiger partial charge in [-0.05, 0) is 37.0 Å². The number of rotatable bonds is 5. The maximum atomic E-state index is 12.2. The van der Waals surface area contributed by atoms with Gasteiger partial charge in [-0.2, -0.15) is 0 Å². The molecule has 0 aliphatic carbocycles. The van der Waals surface area contributed by atoms with Crippen LogP contribution in [-0.4, -0.2) is 37.0 Å². The zero-order valence-electron chi connectivity index (χ0n) is 11.5. The van der Waals surface area contributed by atoms with E-state index in [1.54, 1.807) is 7.11 Å². The van der Waals surface area contributed by atoms with Gasteiger partial charge in [0.05, 0.1) is 7.11 Å². The standard InChI is InChI=1S/C15H22N2O2/c1-19-14-7-4-12(5-8-14)6-9-15(18)17-10-2-3-13(17)11-16/h4-5,7-8,13H,2-3,6,9-11,16H2,1H3. The highest BCUT2D eigenvalue weighted by Gasteiger charge is 2.26. The SMILES string of the molecule is COc1ccc(CCC(=O)N2CCCC2CN)cc1. The number of nitrogens with zero attached hydrogens (tertiary/aromatic N) is 1. The van der Waals surface area contributed by atoms with Gasteiger partial charge in [-0.25, -0.2) is 0 Å². The average Bonchev–Trinajstić information content (AvgIpc) is 2.93. The van der Waals surface area contributed by atoms with Crippen LogP contribution in [0.3, 0.4) is 0 Å². The second-order valence-electron chi connectivity index (χ2n) is 4.97. The van der Waals surface area contributed by atoms with Crippen LogP contribution in [0.2, 0.25) is 0 Å². The zero-order chi connectivity index (χ0) is 13.7. The number of amides is 1. The first-order valence-corrected chi connectivity index (χ1v) is 6.87. The summed E-state index contributed by atoms with van der Waals surface area (Å²) in [7, 11) is 1.65. The number of nitrogens with two attached hydrogens (primary N) is 1. The third-order valence-corrected chi connectivity index (χ3v) is 3.76. The molecule has 1 amide bonds. The molecule has 0 spiro atoms. The van der Waals surface area contributed by atoms with Crippen molar-refractivity contribution in [1.29, 1.82) is 0 Å². The van der Waals surface area contributed by atoms with Gasteiger partial charge in [-0.15, -0.1) is 0 Å². The molecule has 1 aromatic carbocycles. The first kappa shape index (κ1) is 13.9. The number of likely N-dealkylation sites (tertiary alicyclic amines) is 1.